The Morgan fingerprint density at radius 2 is 2.00 bits per heavy atom. The van der Waals surface area contributed by atoms with Crippen LogP contribution in [0.2, 0.25) is 0 Å². The Hall–Kier alpha value is -2.38. The molecular weight excluding hydrogens is 264 g/mol. The zero-order valence-electron chi connectivity index (χ0n) is 10.4. The zero-order valence-corrected chi connectivity index (χ0v) is 10.4. The molecule has 0 saturated heterocycles. The monoisotopic (exact) mass is 278 g/mol. The Bertz CT molecular complexity index is 664. The van der Waals surface area contributed by atoms with Crippen LogP contribution in [-0.4, -0.2) is 38.3 Å². The highest BCUT2D eigenvalue weighted by atomic mass is 16.4. The van der Waals surface area contributed by atoms with Crippen molar-refractivity contribution in [3.05, 3.63) is 35.5 Å². The Kier molecular flexibility index (Phi) is 3.73. The van der Waals surface area contributed by atoms with E-state index in [0.29, 0.717) is 16.5 Å². The fourth-order valence-electron chi connectivity index (χ4n) is 2.04. The van der Waals surface area contributed by atoms with E-state index in [4.69, 9.17) is 10.8 Å². The first-order chi connectivity index (χ1) is 9.40. The van der Waals surface area contributed by atoms with Crippen LogP contribution < -0.4 is 5.73 Å². The van der Waals surface area contributed by atoms with E-state index >= 15 is 0 Å². The summed E-state index contributed by atoms with van der Waals surface area (Å²) < 4.78 is 0. The number of aromatic carboxylic acids is 1. The third kappa shape index (κ3) is 2.63. The van der Waals surface area contributed by atoms with Crippen LogP contribution in [0.15, 0.2) is 24.4 Å². The number of aromatic amines is 1. The maximum absolute atomic E-state index is 11.0. The van der Waals surface area contributed by atoms with E-state index in [2.05, 4.69) is 4.98 Å². The molecule has 1 amide bonds. The molecule has 106 valence electrons. The van der Waals surface area contributed by atoms with Crippen LogP contribution in [0.5, 0.6) is 0 Å². The lowest BCUT2D eigenvalue weighted by Crippen LogP contribution is -2.25. The number of hydrogen-bond donors (Lipinski definition) is 5. The van der Waals surface area contributed by atoms with Gasteiger partial charge in [0.2, 0.25) is 5.91 Å². The second kappa shape index (κ2) is 5.32. The number of rotatable bonds is 5. The number of aliphatic hydroxyl groups excluding tert-OH is 2. The third-order valence-corrected chi connectivity index (χ3v) is 3.05. The molecule has 6 N–H and O–H groups in total. The second-order valence-electron chi connectivity index (χ2n) is 4.50. The second-order valence-corrected chi connectivity index (χ2v) is 4.50. The van der Waals surface area contributed by atoms with Gasteiger partial charge in [-0.3, -0.25) is 4.79 Å². The van der Waals surface area contributed by atoms with Gasteiger partial charge < -0.3 is 26.0 Å². The summed E-state index contributed by atoms with van der Waals surface area (Å²) in [5.41, 5.74) is 5.94. The van der Waals surface area contributed by atoms with Gasteiger partial charge in [-0.05, 0) is 17.7 Å². The molecule has 0 aliphatic heterocycles. The fourth-order valence-corrected chi connectivity index (χ4v) is 2.04. The van der Waals surface area contributed by atoms with Gasteiger partial charge in [0.05, 0.1) is 18.1 Å². The summed E-state index contributed by atoms with van der Waals surface area (Å²) in [5.74, 6) is -1.83. The Morgan fingerprint density at radius 1 is 1.30 bits per heavy atom. The molecule has 0 spiro atoms. The van der Waals surface area contributed by atoms with Crippen LogP contribution in [0.4, 0.5) is 0 Å². The molecule has 1 aromatic heterocycles. The summed E-state index contributed by atoms with van der Waals surface area (Å²) in [5, 5.41) is 29.1. The van der Waals surface area contributed by atoms with Gasteiger partial charge in [-0.2, -0.15) is 0 Å². The van der Waals surface area contributed by atoms with Crippen LogP contribution in [0, 0.1) is 0 Å². The van der Waals surface area contributed by atoms with E-state index < -0.39 is 24.1 Å². The number of hydrogen-bond acceptors (Lipinski definition) is 4. The minimum absolute atomic E-state index is 0.0680. The van der Waals surface area contributed by atoms with Crippen molar-refractivity contribution in [1.82, 2.24) is 4.98 Å². The number of carboxylic acids is 1. The maximum Gasteiger partial charge on any atom is 0.337 e. The number of carbonyl (C=O) groups excluding carboxylic acids is 1. The molecule has 7 heteroatoms. The lowest BCUT2D eigenvalue weighted by atomic mass is 9.99. The van der Waals surface area contributed by atoms with Crippen molar-refractivity contribution in [3.63, 3.8) is 0 Å². The number of amides is 1. The van der Waals surface area contributed by atoms with E-state index in [-0.39, 0.29) is 12.0 Å². The molecule has 1 aromatic carbocycles. The van der Waals surface area contributed by atoms with Gasteiger partial charge in [0, 0.05) is 17.1 Å². The molecule has 0 aliphatic carbocycles. The predicted octanol–water partition coefficient (Wildman–Crippen LogP) is 0.136. The van der Waals surface area contributed by atoms with Crippen LogP contribution in [0.3, 0.4) is 0 Å². The summed E-state index contributed by atoms with van der Waals surface area (Å²) in [4.78, 5) is 24.6. The van der Waals surface area contributed by atoms with Gasteiger partial charge in [0.15, 0.2) is 0 Å². The quantitative estimate of drug-likeness (QED) is 0.529. The molecule has 2 unspecified atom stereocenters. The number of aromatic nitrogens is 1. The number of fused-ring (bicyclic) bond motifs is 1. The SMILES string of the molecule is NC(=O)CC(O)C(O)c1ccc2[nH]cc(C(=O)O)c2c1. The van der Waals surface area contributed by atoms with E-state index in [1.807, 2.05) is 0 Å². The van der Waals surface area contributed by atoms with Crippen molar-refractivity contribution in [2.75, 3.05) is 0 Å². The first-order valence-electron chi connectivity index (χ1n) is 5.89. The minimum atomic E-state index is -1.34. The highest BCUT2D eigenvalue weighted by Crippen LogP contribution is 2.25. The number of primary amides is 1. The smallest absolute Gasteiger partial charge is 0.337 e. The van der Waals surface area contributed by atoms with Crippen molar-refractivity contribution in [2.45, 2.75) is 18.6 Å². The number of nitrogens with two attached hydrogens (primary N) is 1. The van der Waals surface area contributed by atoms with Crippen LogP contribution >= 0.6 is 0 Å². The molecule has 0 radical (unpaired) electrons. The molecule has 2 atom stereocenters. The minimum Gasteiger partial charge on any atom is -0.478 e. The molecule has 2 rings (SSSR count). The summed E-state index contributed by atoms with van der Waals surface area (Å²) in [6.45, 7) is 0. The van der Waals surface area contributed by atoms with Gasteiger partial charge in [-0.15, -0.1) is 0 Å². The average molecular weight is 278 g/mol. The van der Waals surface area contributed by atoms with Gasteiger partial charge in [-0.25, -0.2) is 4.79 Å². The van der Waals surface area contributed by atoms with Crippen LogP contribution in [-0.2, 0) is 4.79 Å². The molecule has 7 nitrogen and oxygen atoms in total. The molecule has 0 aliphatic rings. The molecule has 0 saturated carbocycles. The van der Waals surface area contributed by atoms with Gasteiger partial charge in [-0.1, -0.05) is 6.07 Å². The zero-order chi connectivity index (χ0) is 14.9. The van der Waals surface area contributed by atoms with Gasteiger partial charge in [0.25, 0.3) is 0 Å². The lowest BCUT2D eigenvalue weighted by molar-refractivity contribution is -0.121. The van der Waals surface area contributed by atoms with E-state index in [1.165, 1.54) is 12.3 Å². The Balaban J connectivity index is 2.37. The Labute approximate surface area is 113 Å². The fraction of sp³-hybridized carbons (Fsp3) is 0.231. The number of benzene rings is 1. The van der Waals surface area contributed by atoms with Crippen LogP contribution in [0.1, 0.15) is 28.4 Å². The topological polar surface area (TPSA) is 137 Å². The number of carboxylic acid groups (broad SMARTS) is 1. The van der Waals surface area contributed by atoms with E-state index in [1.54, 1.807) is 12.1 Å². The summed E-state index contributed by atoms with van der Waals surface area (Å²) in [7, 11) is 0. The van der Waals surface area contributed by atoms with Gasteiger partial charge in [0.1, 0.15) is 6.10 Å². The highest BCUT2D eigenvalue weighted by molar-refractivity contribution is 6.03. The number of H-pyrrole nitrogens is 1. The first kappa shape index (κ1) is 14.0. The van der Waals surface area contributed by atoms with Crippen molar-refractivity contribution in [3.8, 4) is 0 Å². The third-order valence-electron chi connectivity index (χ3n) is 3.05. The van der Waals surface area contributed by atoms with E-state index in [9.17, 15) is 19.8 Å². The average Bonchev–Trinajstić information content (AvgIpc) is 2.79. The molecule has 1 heterocycles. The first-order valence-corrected chi connectivity index (χ1v) is 5.89. The van der Waals surface area contributed by atoms with Crippen molar-refractivity contribution in [2.24, 2.45) is 5.73 Å². The summed E-state index contributed by atoms with van der Waals surface area (Å²) >= 11 is 0. The standard InChI is InChI=1S/C13H14N2O5/c14-11(17)4-10(16)12(18)6-1-2-9-7(3-6)8(5-15-9)13(19)20/h1-3,5,10,12,15-16,18H,4H2,(H2,14,17)(H,19,20). The maximum atomic E-state index is 11.0. The number of carbonyl (C=O) groups is 2. The lowest BCUT2D eigenvalue weighted by Gasteiger charge is -2.17. The van der Waals surface area contributed by atoms with Crippen molar-refractivity contribution in [1.29, 1.82) is 0 Å². The highest BCUT2D eigenvalue weighted by Gasteiger charge is 2.21. The predicted molar refractivity (Wildman–Crippen MR) is 70.0 cm³/mol. The molecule has 0 fully saturated rings. The molecule has 20 heavy (non-hydrogen) atoms. The molecule has 2 aromatic rings. The molecular formula is C13H14N2O5. The van der Waals surface area contributed by atoms with Crippen molar-refractivity contribution >= 4 is 22.8 Å². The van der Waals surface area contributed by atoms with Gasteiger partial charge >= 0.3 is 5.97 Å². The van der Waals surface area contributed by atoms with Crippen molar-refractivity contribution < 1.29 is 24.9 Å². The molecule has 0 bridgehead atoms. The summed E-state index contributed by atoms with van der Waals surface area (Å²) in [6, 6.07) is 4.60. The van der Waals surface area contributed by atoms with E-state index in [0.717, 1.165) is 0 Å². The number of nitrogens with one attached hydrogen (secondary N) is 1. The Morgan fingerprint density at radius 3 is 2.60 bits per heavy atom. The van der Waals surface area contributed by atoms with Crippen LogP contribution in [0.25, 0.3) is 10.9 Å². The number of aliphatic hydroxyl groups is 2. The summed E-state index contributed by atoms with van der Waals surface area (Å²) in [6.07, 6.45) is -1.68. The normalized spacial score (nSPS) is 14.1. The largest absolute Gasteiger partial charge is 0.478 e.